The lowest BCUT2D eigenvalue weighted by Crippen LogP contribution is -2.13. The maximum Gasteiger partial charge on any atom is 0.288 e. The number of hydrogen-bond acceptors (Lipinski definition) is 3. The highest BCUT2D eigenvalue weighted by atomic mass is 32.2. The number of carbonyl (C=O) groups excluding carboxylic acids is 1. The first-order valence-electron chi connectivity index (χ1n) is 5.16. The lowest BCUT2D eigenvalue weighted by Gasteiger charge is -2.06. The van der Waals surface area contributed by atoms with Gasteiger partial charge in [0.15, 0.2) is 0 Å². The van der Waals surface area contributed by atoms with Crippen molar-refractivity contribution >= 4 is 23.4 Å². The lowest BCUT2D eigenvalue weighted by atomic mass is 10.2. The fraction of sp³-hybridized carbons (Fsp3) is 0.364. The van der Waals surface area contributed by atoms with Crippen LogP contribution in [0.5, 0.6) is 0 Å². The maximum absolute atomic E-state index is 12.1. The second-order valence-corrected chi connectivity index (χ2v) is 4.41. The molecule has 1 amide bonds. The molecule has 0 atom stereocenters. The number of anilines is 1. The smallest absolute Gasteiger partial charge is 0.288 e. The van der Waals surface area contributed by atoms with Crippen LogP contribution in [-0.4, -0.2) is 18.2 Å². The summed E-state index contributed by atoms with van der Waals surface area (Å²) < 4.78 is 24.3. The molecule has 3 nitrogen and oxygen atoms in total. The first kappa shape index (κ1) is 13.9. The number of benzene rings is 1. The monoisotopic (exact) mass is 260 g/mol. The Bertz CT molecular complexity index is 374. The number of rotatable bonds is 6. The summed E-state index contributed by atoms with van der Waals surface area (Å²) in [7, 11) is 0. The molecule has 0 saturated heterocycles. The van der Waals surface area contributed by atoms with E-state index >= 15 is 0 Å². The van der Waals surface area contributed by atoms with Gasteiger partial charge in [0.25, 0.3) is 5.76 Å². The highest BCUT2D eigenvalue weighted by molar-refractivity contribution is 7.99. The molecule has 3 N–H and O–H groups in total. The van der Waals surface area contributed by atoms with E-state index in [9.17, 15) is 13.6 Å². The van der Waals surface area contributed by atoms with Crippen LogP contribution in [0.1, 0.15) is 12.8 Å². The van der Waals surface area contributed by atoms with Gasteiger partial charge in [-0.15, -0.1) is 0 Å². The molecule has 0 unspecified atom stereocenters. The lowest BCUT2D eigenvalue weighted by molar-refractivity contribution is -0.116. The van der Waals surface area contributed by atoms with E-state index in [-0.39, 0.29) is 5.91 Å². The van der Waals surface area contributed by atoms with Crippen molar-refractivity contribution in [2.45, 2.75) is 23.5 Å². The Morgan fingerprint density at radius 3 is 2.88 bits per heavy atom. The number of amides is 1. The van der Waals surface area contributed by atoms with E-state index in [0.29, 0.717) is 41.7 Å². The SMILES string of the molecule is NCCCC(=O)Nc1cccc(SC(F)F)c1. The third-order valence-corrected chi connectivity index (χ3v) is 2.66. The zero-order valence-electron chi connectivity index (χ0n) is 9.16. The number of alkyl halides is 2. The Morgan fingerprint density at radius 2 is 2.24 bits per heavy atom. The highest BCUT2D eigenvalue weighted by Crippen LogP contribution is 2.27. The summed E-state index contributed by atoms with van der Waals surface area (Å²) in [5, 5.41) is 2.64. The molecule has 17 heavy (non-hydrogen) atoms. The number of hydrogen-bond donors (Lipinski definition) is 2. The maximum atomic E-state index is 12.1. The van der Waals surface area contributed by atoms with Crippen LogP contribution in [-0.2, 0) is 4.79 Å². The van der Waals surface area contributed by atoms with Crippen LogP contribution in [0.4, 0.5) is 14.5 Å². The number of thioether (sulfide) groups is 1. The standard InChI is InChI=1S/C11H14F2N2OS/c12-11(13)17-9-4-1-3-8(7-9)15-10(16)5-2-6-14/h1,3-4,7,11H,2,5-6,14H2,(H,15,16). The Labute approximate surface area is 103 Å². The molecular weight excluding hydrogens is 246 g/mol. The van der Waals surface area contributed by atoms with Crippen LogP contribution in [0.3, 0.4) is 0 Å². The van der Waals surface area contributed by atoms with Crippen molar-refractivity contribution in [3.8, 4) is 0 Å². The van der Waals surface area contributed by atoms with Crippen molar-refractivity contribution in [3.63, 3.8) is 0 Å². The third-order valence-electron chi connectivity index (χ3n) is 1.95. The molecule has 0 aliphatic heterocycles. The van der Waals surface area contributed by atoms with E-state index < -0.39 is 5.76 Å². The molecule has 0 aliphatic rings. The second kappa shape index (κ2) is 7.24. The number of nitrogens with one attached hydrogen (secondary N) is 1. The Morgan fingerprint density at radius 1 is 1.47 bits per heavy atom. The van der Waals surface area contributed by atoms with Gasteiger partial charge in [-0.2, -0.15) is 8.78 Å². The van der Waals surface area contributed by atoms with Crippen molar-refractivity contribution in [3.05, 3.63) is 24.3 Å². The van der Waals surface area contributed by atoms with E-state index in [2.05, 4.69) is 5.32 Å². The van der Waals surface area contributed by atoms with Gasteiger partial charge < -0.3 is 11.1 Å². The molecule has 94 valence electrons. The average Bonchev–Trinajstić information content (AvgIpc) is 2.26. The molecule has 0 spiro atoms. The van der Waals surface area contributed by atoms with Gasteiger partial charge >= 0.3 is 0 Å². The summed E-state index contributed by atoms with van der Waals surface area (Å²) in [5.74, 6) is -2.62. The number of carbonyl (C=O) groups is 1. The first-order valence-corrected chi connectivity index (χ1v) is 6.04. The van der Waals surface area contributed by atoms with E-state index in [1.165, 1.54) is 6.07 Å². The molecule has 1 aromatic carbocycles. The summed E-state index contributed by atoms with van der Waals surface area (Å²) in [6.45, 7) is 0.453. The summed E-state index contributed by atoms with van der Waals surface area (Å²) in [5.41, 5.74) is 5.81. The molecule has 0 bridgehead atoms. The minimum Gasteiger partial charge on any atom is -0.330 e. The Kier molecular flexibility index (Phi) is 5.93. The molecular formula is C11H14F2N2OS. The average molecular weight is 260 g/mol. The predicted octanol–water partition coefficient (Wildman–Crippen LogP) is 2.68. The van der Waals surface area contributed by atoms with Crippen LogP contribution in [0.25, 0.3) is 0 Å². The fourth-order valence-electron chi connectivity index (χ4n) is 1.24. The van der Waals surface area contributed by atoms with Crippen LogP contribution < -0.4 is 11.1 Å². The summed E-state index contributed by atoms with van der Waals surface area (Å²) in [6, 6.07) is 6.39. The van der Waals surface area contributed by atoms with Gasteiger partial charge in [-0.1, -0.05) is 17.8 Å². The Hall–Kier alpha value is -1.14. The van der Waals surface area contributed by atoms with Gasteiger partial charge in [0, 0.05) is 17.0 Å². The van der Waals surface area contributed by atoms with Crippen LogP contribution >= 0.6 is 11.8 Å². The Balaban J connectivity index is 2.56. The van der Waals surface area contributed by atoms with Gasteiger partial charge in [-0.3, -0.25) is 4.79 Å². The second-order valence-electron chi connectivity index (χ2n) is 3.35. The normalized spacial score (nSPS) is 10.6. The van der Waals surface area contributed by atoms with Gasteiger partial charge in [0.1, 0.15) is 0 Å². The third kappa shape index (κ3) is 5.65. The van der Waals surface area contributed by atoms with Crippen molar-refractivity contribution in [2.24, 2.45) is 5.73 Å². The predicted molar refractivity (Wildman–Crippen MR) is 65.2 cm³/mol. The van der Waals surface area contributed by atoms with E-state index in [0.717, 1.165) is 0 Å². The van der Waals surface area contributed by atoms with Crippen molar-refractivity contribution in [1.29, 1.82) is 0 Å². The van der Waals surface area contributed by atoms with Crippen LogP contribution in [0.15, 0.2) is 29.2 Å². The first-order chi connectivity index (χ1) is 8.11. The molecule has 0 heterocycles. The largest absolute Gasteiger partial charge is 0.330 e. The zero-order chi connectivity index (χ0) is 12.7. The van der Waals surface area contributed by atoms with Gasteiger partial charge in [0.05, 0.1) is 0 Å². The van der Waals surface area contributed by atoms with Crippen LogP contribution in [0.2, 0.25) is 0 Å². The van der Waals surface area contributed by atoms with Crippen molar-refractivity contribution in [2.75, 3.05) is 11.9 Å². The summed E-state index contributed by atoms with van der Waals surface area (Å²) in [6.07, 6.45) is 0.944. The molecule has 0 fully saturated rings. The molecule has 6 heteroatoms. The van der Waals surface area contributed by atoms with E-state index in [1.54, 1.807) is 18.2 Å². The minimum atomic E-state index is -2.46. The van der Waals surface area contributed by atoms with Crippen molar-refractivity contribution < 1.29 is 13.6 Å². The van der Waals surface area contributed by atoms with E-state index in [4.69, 9.17) is 5.73 Å². The molecule has 0 radical (unpaired) electrons. The summed E-state index contributed by atoms with van der Waals surface area (Å²) in [4.78, 5) is 11.8. The minimum absolute atomic E-state index is 0.158. The molecule has 1 rings (SSSR count). The molecule has 1 aromatic rings. The van der Waals surface area contributed by atoms with Crippen LogP contribution in [0, 0.1) is 0 Å². The quantitative estimate of drug-likeness (QED) is 0.773. The fourth-order valence-corrected chi connectivity index (χ4v) is 1.79. The molecule has 0 aromatic heterocycles. The number of nitrogens with two attached hydrogens (primary N) is 1. The van der Waals surface area contributed by atoms with E-state index in [1.807, 2.05) is 0 Å². The van der Waals surface area contributed by atoms with Gasteiger partial charge in [-0.05, 0) is 31.2 Å². The number of halogens is 2. The molecule has 0 saturated carbocycles. The topological polar surface area (TPSA) is 55.1 Å². The van der Waals surface area contributed by atoms with Gasteiger partial charge in [0.2, 0.25) is 5.91 Å². The van der Waals surface area contributed by atoms with Crippen molar-refractivity contribution in [1.82, 2.24) is 0 Å². The molecule has 0 aliphatic carbocycles. The zero-order valence-corrected chi connectivity index (χ0v) is 9.97. The summed E-state index contributed by atoms with van der Waals surface area (Å²) >= 11 is 0.453. The van der Waals surface area contributed by atoms with Gasteiger partial charge in [-0.25, -0.2) is 0 Å². The highest BCUT2D eigenvalue weighted by Gasteiger charge is 2.07.